The molecule has 8 nitrogen and oxygen atoms in total. The van der Waals surface area contributed by atoms with Crippen LogP contribution in [0.1, 0.15) is 35.3 Å². The second-order valence-electron chi connectivity index (χ2n) is 9.91. The quantitative estimate of drug-likeness (QED) is 0.501. The van der Waals surface area contributed by atoms with Crippen LogP contribution in [0.25, 0.3) is 11.1 Å². The molecule has 1 aliphatic rings. The molecule has 0 saturated heterocycles. The largest absolute Gasteiger partial charge is 0.394 e. The summed E-state index contributed by atoms with van der Waals surface area (Å²) in [5.41, 5.74) is 3.11. The molecule has 0 saturated carbocycles. The highest BCUT2D eigenvalue weighted by Crippen LogP contribution is 2.31. The molecule has 3 aromatic rings. The first-order valence-electron chi connectivity index (χ1n) is 12.8. The Morgan fingerprint density at radius 2 is 1.67 bits per heavy atom. The number of carbonyl (C=O) groups is 1. The summed E-state index contributed by atoms with van der Waals surface area (Å²) in [5.74, 6) is -0.498. The number of fused-ring (bicyclic) bond motifs is 3. The number of aliphatic hydroxyl groups excluding tert-OH is 1. The summed E-state index contributed by atoms with van der Waals surface area (Å²) in [5, 5.41) is 19.5. The second-order valence-corrected chi connectivity index (χ2v) is 11.9. The molecular weight excluding hydrogens is 514 g/mol. The number of rotatable bonds is 6. The molecule has 0 unspecified atom stereocenters. The van der Waals surface area contributed by atoms with Crippen molar-refractivity contribution in [1.82, 2.24) is 9.21 Å². The molecule has 1 aliphatic heterocycles. The Kier molecular flexibility index (Phi) is 8.83. The molecule has 0 radical (unpaired) electrons. The van der Waals surface area contributed by atoms with E-state index in [9.17, 15) is 23.6 Å². The van der Waals surface area contributed by atoms with E-state index >= 15 is 0 Å². The highest BCUT2D eigenvalue weighted by molar-refractivity contribution is 7.89. The van der Waals surface area contributed by atoms with Crippen LogP contribution in [0, 0.1) is 17.2 Å². The molecule has 0 spiro atoms. The van der Waals surface area contributed by atoms with E-state index in [0.29, 0.717) is 5.56 Å². The fourth-order valence-electron chi connectivity index (χ4n) is 4.85. The van der Waals surface area contributed by atoms with Crippen LogP contribution in [-0.4, -0.2) is 67.5 Å². The molecule has 1 heterocycles. The van der Waals surface area contributed by atoms with E-state index in [1.807, 2.05) is 55.5 Å². The summed E-state index contributed by atoms with van der Waals surface area (Å²) in [4.78, 5) is 15.5. The second kappa shape index (κ2) is 12.1. The molecule has 3 aromatic carbocycles. The van der Waals surface area contributed by atoms with Crippen molar-refractivity contribution >= 4 is 15.9 Å². The maximum Gasteiger partial charge on any atom is 0.254 e. The van der Waals surface area contributed by atoms with Gasteiger partial charge in [0.15, 0.2) is 0 Å². The van der Waals surface area contributed by atoms with Crippen LogP contribution in [0.2, 0.25) is 0 Å². The lowest BCUT2D eigenvalue weighted by Crippen LogP contribution is -2.47. The topological polar surface area (TPSA) is 111 Å². The molecule has 9 heteroatoms. The fraction of sp³-hybridized carbons (Fsp3) is 0.333. The van der Waals surface area contributed by atoms with Gasteiger partial charge in [-0.15, -0.1) is 0 Å². The molecule has 1 N–H and O–H groups in total. The van der Waals surface area contributed by atoms with Gasteiger partial charge < -0.3 is 14.7 Å². The Labute approximate surface area is 230 Å². The van der Waals surface area contributed by atoms with Crippen molar-refractivity contribution in [3.8, 4) is 17.2 Å². The van der Waals surface area contributed by atoms with E-state index in [1.54, 1.807) is 30.0 Å². The molecule has 3 atom stereocenters. The molecule has 1 amide bonds. The van der Waals surface area contributed by atoms with E-state index in [2.05, 4.69) is 0 Å². The molecule has 39 heavy (non-hydrogen) atoms. The Hall–Kier alpha value is -3.55. The minimum absolute atomic E-state index is 0.00785. The molecule has 0 bridgehead atoms. The third-order valence-electron chi connectivity index (χ3n) is 7.23. The maximum absolute atomic E-state index is 13.9. The zero-order chi connectivity index (χ0) is 28.2. The molecule has 4 rings (SSSR count). The molecular formula is C30H33N3O5S. The maximum atomic E-state index is 13.9. The minimum Gasteiger partial charge on any atom is -0.394 e. The average Bonchev–Trinajstić information content (AvgIpc) is 2.98. The van der Waals surface area contributed by atoms with Gasteiger partial charge in [-0.05, 0) is 41.8 Å². The predicted molar refractivity (Wildman–Crippen MR) is 148 cm³/mol. The molecule has 0 aromatic heterocycles. The zero-order valence-corrected chi connectivity index (χ0v) is 23.1. The number of sulfonamides is 1. The summed E-state index contributed by atoms with van der Waals surface area (Å²) < 4.78 is 34.5. The van der Waals surface area contributed by atoms with E-state index in [4.69, 9.17) is 4.74 Å². The summed E-state index contributed by atoms with van der Waals surface area (Å²) >= 11 is 0. The summed E-state index contributed by atoms with van der Waals surface area (Å²) in [7, 11) is -2.52. The first-order chi connectivity index (χ1) is 18.7. The van der Waals surface area contributed by atoms with E-state index in [0.717, 1.165) is 16.7 Å². The van der Waals surface area contributed by atoms with Gasteiger partial charge in [0, 0.05) is 31.6 Å². The lowest BCUT2D eigenvalue weighted by atomic mass is 9.94. The zero-order valence-electron chi connectivity index (χ0n) is 22.3. The Morgan fingerprint density at radius 3 is 2.36 bits per heavy atom. The van der Waals surface area contributed by atoms with Crippen LogP contribution in [0.4, 0.5) is 0 Å². The van der Waals surface area contributed by atoms with Crippen molar-refractivity contribution in [2.45, 2.75) is 37.5 Å². The number of nitrogens with zero attached hydrogens (tertiary/aromatic N) is 3. The van der Waals surface area contributed by atoms with E-state index < -0.39 is 22.2 Å². The SMILES string of the molecule is C[C@H]1CN([C@@H](C)CO)C(=O)c2ccccc2-c2ccccc2CO[C@H]1CN(C)S(=O)(=O)c1ccccc1C#N. The standard InChI is InChI=1S/C30H33N3O5S/c1-21-17-33(22(2)19-34)30(35)27-14-8-7-13-26(27)25-12-6-4-11-24(25)20-38-28(21)18-32(3)39(36,37)29-15-9-5-10-23(29)16-31/h4-15,21-22,28,34H,17-20H2,1-3H3/t21-,22-,28-/m0/s1. The van der Waals surface area contributed by atoms with E-state index in [-0.39, 0.29) is 48.6 Å². The Bertz CT molecular complexity index is 1480. The fourth-order valence-corrected chi connectivity index (χ4v) is 6.18. The van der Waals surface area contributed by atoms with Crippen molar-refractivity contribution < 1.29 is 23.1 Å². The van der Waals surface area contributed by atoms with Gasteiger partial charge in [-0.25, -0.2) is 8.42 Å². The van der Waals surface area contributed by atoms with Crippen molar-refractivity contribution in [3.05, 3.63) is 89.5 Å². The van der Waals surface area contributed by atoms with Crippen LogP contribution in [0.5, 0.6) is 0 Å². The van der Waals surface area contributed by atoms with Crippen molar-refractivity contribution in [2.75, 3.05) is 26.7 Å². The summed E-state index contributed by atoms with van der Waals surface area (Å²) in [6, 6.07) is 22.7. The predicted octanol–water partition coefficient (Wildman–Crippen LogP) is 3.90. The van der Waals surface area contributed by atoms with Crippen LogP contribution in [0.3, 0.4) is 0 Å². The smallest absolute Gasteiger partial charge is 0.254 e. The third-order valence-corrected chi connectivity index (χ3v) is 9.11. The first kappa shape index (κ1) is 28.5. The molecule has 0 aliphatic carbocycles. The lowest BCUT2D eigenvalue weighted by molar-refractivity contribution is -0.0146. The van der Waals surface area contributed by atoms with Gasteiger partial charge in [-0.1, -0.05) is 61.5 Å². The number of carbonyl (C=O) groups excluding carboxylic acids is 1. The van der Waals surface area contributed by atoms with Gasteiger partial charge in [0.2, 0.25) is 10.0 Å². The monoisotopic (exact) mass is 547 g/mol. The third kappa shape index (κ3) is 5.89. The van der Waals surface area contributed by atoms with Crippen LogP contribution >= 0.6 is 0 Å². The summed E-state index contributed by atoms with van der Waals surface area (Å²) in [6.07, 6.45) is -0.588. The van der Waals surface area contributed by atoms with Crippen LogP contribution < -0.4 is 0 Å². The van der Waals surface area contributed by atoms with Crippen LogP contribution in [0.15, 0.2) is 77.7 Å². The number of nitriles is 1. The van der Waals surface area contributed by atoms with Gasteiger partial charge in [-0.2, -0.15) is 9.57 Å². The molecule has 204 valence electrons. The van der Waals surface area contributed by atoms with E-state index in [1.165, 1.54) is 23.5 Å². The minimum atomic E-state index is -3.99. The normalized spacial score (nSPS) is 19.0. The summed E-state index contributed by atoms with van der Waals surface area (Å²) in [6.45, 7) is 3.95. The number of aliphatic hydroxyl groups is 1. The number of ether oxygens (including phenoxy) is 1. The Morgan fingerprint density at radius 1 is 1.05 bits per heavy atom. The van der Waals surface area contributed by atoms with Crippen LogP contribution in [-0.2, 0) is 21.4 Å². The highest BCUT2D eigenvalue weighted by atomic mass is 32.2. The average molecular weight is 548 g/mol. The lowest BCUT2D eigenvalue weighted by Gasteiger charge is -2.35. The van der Waals surface area contributed by atoms with Gasteiger partial charge in [0.25, 0.3) is 5.91 Å². The first-order valence-corrected chi connectivity index (χ1v) is 14.3. The number of hydrogen-bond acceptors (Lipinski definition) is 6. The van der Waals surface area contributed by atoms with Gasteiger partial charge in [-0.3, -0.25) is 4.79 Å². The van der Waals surface area contributed by atoms with Crippen molar-refractivity contribution in [1.29, 1.82) is 5.26 Å². The number of amides is 1. The van der Waals surface area contributed by atoms with Crippen molar-refractivity contribution in [2.24, 2.45) is 5.92 Å². The van der Waals surface area contributed by atoms with Crippen molar-refractivity contribution in [3.63, 3.8) is 0 Å². The molecule has 0 fully saturated rings. The number of hydrogen-bond donors (Lipinski definition) is 1. The number of benzene rings is 3. The van der Waals surface area contributed by atoms with Gasteiger partial charge in [0.05, 0.1) is 35.8 Å². The number of likely N-dealkylation sites (N-methyl/N-ethyl adjacent to an activating group) is 1. The Balaban J connectivity index is 1.74. The van der Waals surface area contributed by atoms with Gasteiger partial charge in [0.1, 0.15) is 6.07 Å². The van der Waals surface area contributed by atoms with Gasteiger partial charge >= 0.3 is 0 Å². The highest BCUT2D eigenvalue weighted by Gasteiger charge is 2.33.